The van der Waals surface area contributed by atoms with Crippen LogP contribution in [0.3, 0.4) is 0 Å². The Morgan fingerprint density at radius 3 is 2.47 bits per heavy atom. The van der Waals surface area contributed by atoms with E-state index in [2.05, 4.69) is 39.0 Å². The zero-order valence-corrected chi connectivity index (χ0v) is 22.3. The summed E-state index contributed by atoms with van der Waals surface area (Å²) in [7, 11) is 0. The summed E-state index contributed by atoms with van der Waals surface area (Å²) in [5.41, 5.74) is 2.12. The van der Waals surface area contributed by atoms with Crippen LogP contribution in [0.15, 0.2) is 42.0 Å². The molecule has 1 aromatic rings. The molecule has 2 N–H and O–H groups in total. The van der Waals surface area contributed by atoms with E-state index in [1.54, 1.807) is 5.57 Å². The Labute approximate surface area is 208 Å². The van der Waals surface area contributed by atoms with Crippen molar-refractivity contribution < 1.29 is 10.2 Å². The SMILES string of the molecule is C[C@H](CCC(C)(O)c1ccccc1)[C@H]1CC[C@H]2[C@@H]3CC=C4C[C@@](C)(O)CC[C@]4(C)[C@H]3CC[C@]12C. The largest absolute Gasteiger partial charge is 0.390 e. The van der Waals surface area contributed by atoms with Crippen LogP contribution in [0.4, 0.5) is 0 Å². The first-order valence-corrected chi connectivity index (χ1v) is 14.2. The van der Waals surface area contributed by atoms with Crippen LogP contribution in [0.1, 0.15) is 104 Å². The lowest BCUT2D eigenvalue weighted by molar-refractivity contribution is -0.0715. The monoisotopic (exact) mass is 464 g/mol. The lowest BCUT2D eigenvalue weighted by Crippen LogP contribution is -2.52. The van der Waals surface area contributed by atoms with Crippen molar-refractivity contribution in [2.24, 2.45) is 40.4 Å². The molecule has 1 unspecified atom stereocenters. The van der Waals surface area contributed by atoms with Gasteiger partial charge in [0.15, 0.2) is 0 Å². The summed E-state index contributed by atoms with van der Waals surface area (Å²) in [6.07, 6.45) is 14.2. The van der Waals surface area contributed by atoms with Gasteiger partial charge in [-0.05, 0) is 124 Å². The number of hydrogen-bond donors (Lipinski definition) is 2. The molecule has 2 nitrogen and oxygen atoms in total. The molecule has 4 aliphatic rings. The molecular formula is C32H48O2. The Kier molecular flexibility index (Phi) is 6.13. The van der Waals surface area contributed by atoms with Gasteiger partial charge in [-0.2, -0.15) is 0 Å². The highest BCUT2D eigenvalue weighted by molar-refractivity contribution is 5.27. The minimum Gasteiger partial charge on any atom is -0.390 e. The van der Waals surface area contributed by atoms with Gasteiger partial charge in [-0.1, -0.05) is 62.8 Å². The van der Waals surface area contributed by atoms with E-state index in [1.807, 2.05) is 32.0 Å². The molecule has 5 rings (SSSR count). The zero-order chi connectivity index (χ0) is 24.4. The summed E-state index contributed by atoms with van der Waals surface area (Å²) in [6.45, 7) is 11.7. The number of fused-ring (bicyclic) bond motifs is 5. The second-order valence-corrected chi connectivity index (χ2v) is 13.8. The summed E-state index contributed by atoms with van der Waals surface area (Å²) in [4.78, 5) is 0. The lowest BCUT2D eigenvalue weighted by Gasteiger charge is -2.59. The minimum atomic E-state index is -0.743. The summed E-state index contributed by atoms with van der Waals surface area (Å²) < 4.78 is 0. The van der Waals surface area contributed by atoms with Gasteiger partial charge in [0.25, 0.3) is 0 Å². The van der Waals surface area contributed by atoms with Crippen molar-refractivity contribution in [1.29, 1.82) is 0 Å². The molecule has 0 heterocycles. The van der Waals surface area contributed by atoms with Gasteiger partial charge >= 0.3 is 0 Å². The lowest BCUT2D eigenvalue weighted by atomic mass is 9.46. The molecule has 0 spiro atoms. The molecule has 0 bridgehead atoms. The van der Waals surface area contributed by atoms with Gasteiger partial charge in [-0.15, -0.1) is 0 Å². The zero-order valence-electron chi connectivity index (χ0n) is 22.3. The number of allylic oxidation sites excluding steroid dienone is 1. The number of hydrogen-bond acceptors (Lipinski definition) is 2. The van der Waals surface area contributed by atoms with Crippen molar-refractivity contribution in [3.05, 3.63) is 47.5 Å². The Bertz CT molecular complexity index is 914. The predicted molar refractivity (Wildman–Crippen MR) is 140 cm³/mol. The van der Waals surface area contributed by atoms with Gasteiger partial charge in [0.2, 0.25) is 0 Å². The summed E-state index contributed by atoms with van der Waals surface area (Å²) in [5, 5.41) is 21.9. The second-order valence-electron chi connectivity index (χ2n) is 13.8. The average molecular weight is 465 g/mol. The molecule has 1 aromatic carbocycles. The minimum absolute atomic E-state index is 0.310. The standard InChI is InChI=1S/C32H48O2/c1-22(15-18-32(5,34)23-9-7-6-8-10-23)26-13-14-27-25-12-11-24-21-29(2,33)19-20-30(24,3)28(25)16-17-31(26,27)4/h6-11,22,25-28,33-34H,12-21H2,1-5H3/t22-,25+,26-,27+,28+,29+,30+,31-,32?/m1/s1. The van der Waals surface area contributed by atoms with Crippen molar-refractivity contribution in [3.8, 4) is 0 Å². The molecular weight excluding hydrogens is 416 g/mol. The Morgan fingerprint density at radius 2 is 1.74 bits per heavy atom. The van der Waals surface area contributed by atoms with E-state index in [-0.39, 0.29) is 0 Å². The quantitative estimate of drug-likeness (QED) is 0.440. The van der Waals surface area contributed by atoms with Crippen molar-refractivity contribution in [3.63, 3.8) is 0 Å². The van der Waals surface area contributed by atoms with Crippen LogP contribution < -0.4 is 0 Å². The number of aliphatic hydroxyl groups is 2. The van der Waals surface area contributed by atoms with Crippen molar-refractivity contribution >= 4 is 0 Å². The molecule has 3 fully saturated rings. The van der Waals surface area contributed by atoms with Crippen molar-refractivity contribution in [1.82, 2.24) is 0 Å². The van der Waals surface area contributed by atoms with E-state index in [9.17, 15) is 10.2 Å². The summed E-state index contributed by atoms with van der Waals surface area (Å²) in [6, 6.07) is 10.2. The number of benzene rings is 1. The molecule has 0 aromatic heterocycles. The molecule has 4 aliphatic carbocycles. The first-order chi connectivity index (χ1) is 16.0. The maximum atomic E-state index is 11.2. The van der Waals surface area contributed by atoms with Gasteiger partial charge < -0.3 is 10.2 Å². The fraction of sp³-hybridized carbons (Fsp3) is 0.750. The van der Waals surface area contributed by atoms with Crippen LogP contribution in [0.5, 0.6) is 0 Å². The first kappa shape index (κ1) is 24.6. The van der Waals surface area contributed by atoms with Gasteiger partial charge in [0.05, 0.1) is 11.2 Å². The smallest absolute Gasteiger partial charge is 0.0868 e. The van der Waals surface area contributed by atoms with Gasteiger partial charge in [0, 0.05) is 0 Å². The van der Waals surface area contributed by atoms with E-state index in [4.69, 9.17) is 0 Å². The maximum Gasteiger partial charge on any atom is 0.0868 e. The Hall–Kier alpha value is -1.12. The summed E-state index contributed by atoms with van der Waals surface area (Å²) >= 11 is 0. The highest BCUT2D eigenvalue weighted by Crippen LogP contribution is 2.67. The van der Waals surface area contributed by atoms with Gasteiger partial charge in [-0.3, -0.25) is 0 Å². The molecule has 9 atom stereocenters. The van der Waals surface area contributed by atoms with Crippen LogP contribution in [-0.2, 0) is 5.60 Å². The molecule has 3 saturated carbocycles. The predicted octanol–water partition coefficient (Wildman–Crippen LogP) is 7.64. The van der Waals surface area contributed by atoms with E-state index < -0.39 is 11.2 Å². The van der Waals surface area contributed by atoms with Crippen LogP contribution in [0, 0.1) is 40.4 Å². The first-order valence-electron chi connectivity index (χ1n) is 14.2. The van der Waals surface area contributed by atoms with Crippen molar-refractivity contribution in [2.75, 3.05) is 0 Å². The molecule has 0 saturated heterocycles. The van der Waals surface area contributed by atoms with E-state index in [1.165, 1.54) is 32.1 Å². The third-order valence-electron chi connectivity index (χ3n) is 11.6. The third-order valence-corrected chi connectivity index (χ3v) is 11.6. The topological polar surface area (TPSA) is 40.5 Å². The molecule has 2 heteroatoms. The Morgan fingerprint density at radius 1 is 1.00 bits per heavy atom. The molecule has 0 aliphatic heterocycles. The number of rotatable bonds is 5. The fourth-order valence-electron chi connectivity index (χ4n) is 9.43. The van der Waals surface area contributed by atoms with Crippen LogP contribution in [0.25, 0.3) is 0 Å². The highest BCUT2D eigenvalue weighted by atomic mass is 16.3. The summed E-state index contributed by atoms with van der Waals surface area (Å²) in [5.74, 6) is 3.88. The maximum absolute atomic E-state index is 11.2. The third kappa shape index (κ3) is 4.01. The molecule has 0 radical (unpaired) electrons. The van der Waals surface area contributed by atoms with E-state index in [0.29, 0.717) is 16.7 Å². The van der Waals surface area contributed by atoms with Gasteiger partial charge in [-0.25, -0.2) is 0 Å². The van der Waals surface area contributed by atoms with E-state index in [0.717, 1.165) is 61.3 Å². The Balaban J connectivity index is 1.29. The second kappa shape index (κ2) is 8.48. The van der Waals surface area contributed by atoms with Crippen molar-refractivity contribution in [2.45, 2.75) is 110 Å². The van der Waals surface area contributed by atoms with E-state index >= 15 is 0 Å². The van der Waals surface area contributed by atoms with Crippen LogP contribution >= 0.6 is 0 Å². The van der Waals surface area contributed by atoms with Gasteiger partial charge in [0.1, 0.15) is 0 Å². The fourth-order valence-corrected chi connectivity index (χ4v) is 9.43. The molecule has 34 heavy (non-hydrogen) atoms. The molecule has 0 amide bonds. The average Bonchev–Trinajstić information content (AvgIpc) is 3.16. The van der Waals surface area contributed by atoms with Crippen LogP contribution in [0.2, 0.25) is 0 Å². The molecule has 188 valence electrons. The highest BCUT2D eigenvalue weighted by Gasteiger charge is 2.59. The van der Waals surface area contributed by atoms with Crippen LogP contribution in [-0.4, -0.2) is 15.8 Å². The normalized spacial score (nSPS) is 44.3.